The van der Waals surface area contributed by atoms with Crippen LogP contribution in [0.15, 0.2) is 66.7 Å². The Morgan fingerprint density at radius 3 is 2.57 bits per heavy atom. The Kier molecular flexibility index (Phi) is 6.09. The maximum absolute atomic E-state index is 8.99. The van der Waals surface area contributed by atoms with Crippen LogP contribution in [-0.2, 0) is 6.42 Å². The van der Waals surface area contributed by atoms with Gasteiger partial charge in [0.2, 0.25) is 0 Å². The molecule has 1 aliphatic rings. The number of hydrogen-bond donors (Lipinski definition) is 2. The van der Waals surface area contributed by atoms with E-state index in [1.807, 2.05) is 0 Å². The number of nitrogens with one attached hydrogen (secondary N) is 1. The molecule has 0 heterocycles. The van der Waals surface area contributed by atoms with Crippen LogP contribution < -0.4 is 5.32 Å². The lowest BCUT2D eigenvalue weighted by atomic mass is 9.95. The number of rotatable bonds is 7. The zero-order valence-electron chi connectivity index (χ0n) is 16.8. The summed E-state index contributed by atoms with van der Waals surface area (Å²) in [7, 11) is 0. The Labute approximate surface area is 168 Å². The van der Waals surface area contributed by atoms with Crippen molar-refractivity contribution in [2.45, 2.75) is 57.0 Å². The average molecular weight is 374 g/mol. The molecule has 3 aromatic rings. The second-order valence-electron chi connectivity index (χ2n) is 8.23. The van der Waals surface area contributed by atoms with Crippen molar-refractivity contribution in [3.8, 4) is 0 Å². The second kappa shape index (κ2) is 8.89. The lowest BCUT2D eigenvalue weighted by Crippen LogP contribution is -2.29. The van der Waals surface area contributed by atoms with E-state index in [0.29, 0.717) is 18.0 Å². The Hall–Kier alpha value is -2.16. The van der Waals surface area contributed by atoms with Crippen molar-refractivity contribution >= 4 is 10.8 Å². The zero-order valence-corrected chi connectivity index (χ0v) is 16.8. The zero-order chi connectivity index (χ0) is 19.3. The van der Waals surface area contributed by atoms with Crippen LogP contribution >= 0.6 is 0 Å². The highest BCUT2D eigenvalue weighted by atomic mass is 16.2. The van der Waals surface area contributed by atoms with Crippen LogP contribution in [0.5, 0.6) is 0 Å². The first-order chi connectivity index (χ1) is 13.7. The Morgan fingerprint density at radius 2 is 1.75 bits per heavy atom. The van der Waals surface area contributed by atoms with Crippen LogP contribution in [0.2, 0.25) is 0 Å². The third-order valence-corrected chi connectivity index (χ3v) is 6.28. The molecule has 1 saturated carbocycles. The molecule has 2 unspecified atom stereocenters. The minimum atomic E-state index is 0.270. The lowest BCUT2D eigenvalue weighted by Gasteiger charge is -2.21. The van der Waals surface area contributed by atoms with Gasteiger partial charge < -0.3 is 10.4 Å². The van der Waals surface area contributed by atoms with Crippen LogP contribution in [0, 0.1) is 0 Å². The van der Waals surface area contributed by atoms with Crippen molar-refractivity contribution < 1.29 is 5.11 Å². The van der Waals surface area contributed by atoms with E-state index < -0.39 is 0 Å². The molecule has 2 N–H and O–H groups in total. The van der Waals surface area contributed by atoms with Gasteiger partial charge in [0.1, 0.15) is 0 Å². The first-order valence-electron chi connectivity index (χ1n) is 10.7. The first-order valence-corrected chi connectivity index (χ1v) is 10.7. The van der Waals surface area contributed by atoms with Crippen LogP contribution in [0.1, 0.15) is 61.3 Å². The van der Waals surface area contributed by atoms with Gasteiger partial charge in [-0.3, -0.25) is 0 Å². The van der Waals surface area contributed by atoms with Crippen molar-refractivity contribution in [3.05, 3.63) is 83.4 Å². The molecule has 0 spiro atoms. The molecular formula is C26H31NO. The minimum absolute atomic E-state index is 0.270. The first kappa shape index (κ1) is 19.2. The smallest absolute Gasteiger partial charge is 0.0434 e. The standard InChI is InChI=1S/C26H31NO/c1-19(25-10-4-8-22-7-2-3-9-26(22)25)27-24-16-15-23(18-24)21-13-11-20(12-14-21)6-5-17-28/h2-4,7-14,19,23-24,27-28H,5-6,15-18H2,1H3/t19-,23?,24?/m1/s1. The number of hydrogen-bond acceptors (Lipinski definition) is 2. The summed E-state index contributed by atoms with van der Waals surface area (Å²) in [5, 5.41) is 15.6. The summed E-state index contributed by atoms with van der Waals surface area (Å²) < 4.78 is 0. The molecule has 28 heavy (non-hydrogen) atoms. The maximum Gasteiger partial charge on any atom is 0.0434 e. The van der Waals surface area contributed by atoms with Crippen molar-refractivity contribution in [2.75, 3.05) is 6.61 Å². The summed E-state index contributed by atoms with van der Waals surface area (Å²) in [6, 6.07) is 25.3. The highest BCUT2D eigenvalue weighted by Gasteiger charge is 2.27. The predicted molar refractivity (Wildman–Crippen MR) is 118 cm³/mol. The number of aryl methyl sites for hydroxylation is 1. The molecular weight excluding hydrogens is 342 g/mol. The van der Waals surface area contributed by atoms with Gasteiger partial charge in [0.15, 0.2) is 0 Å². The van der Waals surface area contributed by atoms with Crippen LogP contribution in [-0.4, -0.2) is 17.8 Å². The third-order valence-electron chi connectivity index (χ3n) is 6.28. The normalized spacial score (nSPS) is 20.5. The molecule has 0 amide bonds. The number of aliphatic hydroxyl groups is 1. The van der Waals surface area contributed by atoms with E-state index in [-0.39, 0.29) is 6.61 Å². The van der Waals surface area contributed by atoms with Gasteiger partial charge in [-0.25, -0.2) is 0 Å². The van der Waals surface area contributed by atoms with E-state index in [1.54, 1.807) is 0 Å². The largest absolute Gasteiger partial charge is 0.396 e. The van der Waals surface area contributed by atoms with Gasteiger partial charge in [0, 0.05) is 18.7 Å². The quantitative estimate of drug-likeness (QED) is 0.552. The lowest BCUT2D eigenvalue weighted by molar-refractivity contribution is 0.288. The fraction of sp³-hybridized carbons (Fsp3) is 0.385. The topological polar surface area (TPSA) is 32.3 Å². The highest BCUT2D eigenvalue weighted by molar-refractivity contribution is 5.86. The molecule has 3 atom stereocenters. The Morgan fingerprint density at radius 1 is 0.964 bits per heavy atom. The number of aliphatic hydroxyl groups excluding tert-OH is 1. The summed E-state index contributed by atoms with van der Waals surface area (Å²) >= 11 is 0. The summed E-state index contributed by atoms with van der Waals surface area (Å²) in [6.45, 7) is 2.57. The van der Waals surface area contributed by atoms with E-state index in [2.05, 4.69) is 79.0 Å². The van der Waals surface area contributed by atoms with Gasteiger partial charge >= 0.3 is 0 Å². The van der Waals surface area contributed by atoms with Crippen molar-refractivity contribution in [2.24, 2.45) is 0 Å². The molecule has 3 aromatic carbocycles. The van der Waals surface area contributed by atoms with E-state index in [9.17, 15) is 0 Å². The van der Waals surface area contributed by atoms with Crippen molar-refractivity contribution in [1.29, 1.82) is 0 Å². The van der Waals surface area contributed by atoms with Gasteiger partial charge in [-0.2, -0.15) is 0 Å². The van der Waals surface area contributed by atoms with E-state index in [0.717, 1.165) is 12.8 Å². The van der Waals surface area contributed by atoms with Gasteiger partial charge in [-0.15, -0.1) is 0 Å². The molecule has 0 radical (unpaired) electrons. The molecule has 4 rings (SSSR count). The molecule has 0 bridgehead atoms. The fourth-order valence-corrected chi connectivity index (χ4v) is 4.75. The minimum Gasteiger partial charge on any atom is -0.396 e. The molecule has 0 saturated heterocycles. The van der Waals surface area contributed by atoms with Gasteiger partial charge in [0.05, 0.1) is 0 Å². The highest BCUT2D eigenvalue weighted by Crippen LogP contribution is 2.36. The monoisotopic (exact) mass is 373 g/mol. The molecule has 0 aliphatic heterocycles. The SMILES string of the molecule is C[C@@H](NC1CCC(c2ccc(CCCO)cc2)C1)c1cccc2ccccc12. The Balaban J connectivity index is 1.39. The molecule has 2 heteroatoms. The van der Waals surface area contributed by atoms with Crippen molar-refractivity contribution in [3.63, 3.8) is 0 Å². The summed E-state index contributed by atoms with van der Waals surface area (Å²) in [6.07, 6.45) is 5.53. The average Bonchev–Trinajstić information content (AvgIpc) is 3.20. The van der Waals surface area contributed by atoms with Gasteiger partial charge in [-0.1, -0.05) is 66.7 Å². The number of benzene rings is 3. The van der Waals surface area contributed by atoms with Crippen LogP contribution in [0.4, 0.5) is 0 Å². The molecule has 0 aromatic heterocycles. The van der Waals surface area contributed by atoms with E-state index in [4.69, 9.17) is 5.11 Å². The van der Waals surface area contributed by atoms with E-state index >= 15 is 0 Å². The second-order valence-corrected chi connectivity index (χ2v) is 8.23. The predicted octanol–water partition coefficient (Wildman–Crippen LogP) is 5.75. The van der Waals surface area contributed by atoms with Gasteiger partial charge in [-0.05, 0) is 72.4 Å². The van der Waals surface area contributed by atoms with Crippen molar-refractivity contribution in [1.82, 2.24) is 5.32 Å². The molecule has 146 valence electrons. The maximum atomic E-state index is 8.99. The number of fused-ring (bicyclic) bond motifs is 1. The molecule has 2 nitrogen and oxygen atoms in total. The van der Waals surface area contributed by atoms with Crippen LogP contribution in [0.3, 0.4) is 0 Å². The molecule has 1 fully saturated rings. The summed E-state index contributed by atoms with van der Waals surface area (Å²) in [4.78, 5) is 0. The third kappa shape index (κ3) is 4.29. The van der Waals surface area contributed by atoms with E-state index in [1.165, 1.54) is 46.7 Å². The molecule has 1 aliphatic carbocycles. The van der Waals surface area contributed by atoms with Gasteiger partial charge in [0.25, 0.3) is 0 Å². The summed E-state index contributed by atoms with van der Waals surface area (Å²) in [5.41, 5.74) is 4.19. The van der Waals surface area contributed by atoms with Crippen LogP contribution in [0.25, 0.3) is 10.8 Å². The fourth-order valence-electron chi connectivity index (χ4n) is 4.75. The summed E-state index contributed by atoms with van der Waals surface area (Å²) in [5.74, 6) is 0.657. The Bertz CT molecular complexity index is 896.